The molecule has 1 unspecified atom stereocenters. The van der Waals surface area contributed by atoms with E-state index in [1.165, 1.54) is 30.5 Å². The lowest BCUT2D eigenvalue weighted by molar-refractivity contribution is 0.108. The lowest BCUT2D eigenvalue weighted by Gasteiger charge is -2.34. The number of piperazine rings is 1. The summed E-state index contributed by atoms with van der Waals surface area (Å²) >= 11 is 0. The van der Waals surface area contributed by atoms with Crippen molar-refractivity contribution in [2.45, 2.75) is 49.7 Å². The second-order valence-corrected chi connectivity index (χ2v) is 12.5. The molecule has 4 saturated heterocycles. The monoisotopic (exact) mass is 632 g/mol. The van der Waals surface area contributed by atoms with Gasteiger partial charge in [0.05, 0.1) is 19.2 Å². The summed E-state index contributed by atoms with van der Waals surface area (Å²) in [6.45, 7) is -1.08. The number of terminal acetylenes is 1. The van der Waals surface area contributed by atoms with Crippen LogP contribution in [-0.2, 0) is 0 Å². The van der Waals surface area contributed by atoms with Crippen molar-refractivity contribution in [1.29, 1.82) is 0 Å². The molecule has 0 spiro atoms. The third-order valence-electron chi connectivity index (χ3n) is 9.72. The lowest BCUT2D eigenvalue weighted by Crippen LogP contribution is -2.51. The Bertz CT molecular complexity index is 2080. The molecular weight excluding hydrogens is 600 g/mol. The molecule has 3 atom stereocenters. The number of ether oxygens (including phenoxy) is 1. The molecule has 2 N–H and O–H groups in total. The normalized spacial score (nSPS) is 25.1. The van der Waals surface area contributed by atoms with E-state index in [4.69, 9.17) is 13.9 Å². The molecule has 12 heteroatoms. The largest absolute Gasteiger partial charge is 0.508 e. The molecule has 8 rings (SSSR count). The number of phenols is 1. The number of benzene rings is 2. The van der Waals surface area contributed by atoms with Crippen LogP contribution in [0.15, 0.2) is 42.1 Å². The van der Waals surface area contributed by atoms with Gasteiger partial charge in [0.25, 0.3) is 6.08 Å². The van der Waals surface area contributed by atoms with Gasteiger partial charge in [-0.05, 0) is 62.2 Å². The zero-order valence-corrected chi connectivity index (χ0v) is 24.6. The van der Waals surface area contributed by atoms with Crippen molar-refractivity contribution in [3.05, 3.63) is 59.3 Å². The van der Waals surface area contributed by atoms with Gasteiger partial charge in [0.2, 0.25) is 0 Å². The Morgan fingerprint density at radius 1 is 1.20 bits per heavy atom. The second-order valence-electron chi connectivity index (χ2n) is 12.5. The number of nitrogens with zero attached hydrogens (tertiary/aromatic N) is 5. The molecule has 4 fully saturated rings. The van der Waals surface area contributed by atoms with Crippen LogP contribution in [0.4, 0.5) is 23.4 Å². The van der Waals surface area contributed by atoms with Gasteiger partial charge in [-0.15, -0.1) is 6.42 Å². The molecule has 4 aliphatic rings. The van der Waals surface area contributed by atoms with Gasteiger partial charge in [-0.1, -0.05) is 12.0 Å². The van der Waals surface area contributed by atoms with E-state index in [9.17, 15) is 18.3 Å². The van der Waals surface area contributed by atoms with Crippen LogP contribution in [0.1, 0.15) is 40.4 Å². The molecule has 4 aliphatic heterocycles. The molecule has 0 radical (unpaired) electrons. The first kappa shape index (κ1) is 26.7. The van der Waals surface area contributed by atoms with Crippen LogP contribution in [0.5, 0.6) is 11.8 Å². The van der Waals surface area contributed by atoms with Crippen LogP contribution in [-0.4, -0.2) is 75.3 Å². The van der Waals surface area contributed by atoms with E-state index in [0.717, 1.165) is 12.8 Å². The Morgan fingerprint density at radius 3 is 2.76 bits per heavy atom. The summed E-state index contributed by atoms with van der Waals surface area (Å²) in [5, 5.41) is 14.9. The SMILES string of the molecule is [2H]C([2H])(Oc1nc(N2C[C@H]3CC[C@@H](C2)N3)c2cnc(-c3cc(O)cc4ccc(F)c(C#C)c34)c(F)c2n1)C12CCCN1CC(=C(F)F)C2. The molecular formula is C34H30F4N6O2. The summed E-state index contributed by atoms with van der Waals surface area (Å²) in [5.41, 5.74) is -2.11. The van der Waals surface area contributed by atoms with Crippen LogP contribution in [0.25, 0.3) is 32.9 Å². The second kappa shape index (κ2) is 10.8. The molecule has 6 heterocycles. The number of hydrogen-bond donors (Lipinski definition) is 2. The minimum absolute atomic E-state index is 0.0361. The van der Waals surface area contributed by atoms with E-state index < -0.39 is 35.8 Å². The molecule has 46 heavy (non-hydrogen) atoms. The van der Waals surface area contributed by atoms with Gasteiger partial charge < -0.3 is 20.1 Å². The van der Waals surface area contributed by atoms with Gasteiger partial charge in [0, 0.05) is 54.4 Å². The summed E-state index contributed by atoms with van der Waals surface area (Å²) in [6, 6.07) is 5.10. The molecule has 2 bridgehead atoms. The van der Waals surface area contributed by atoms with Gasteiger partial charge in [0.1, 0.15) is 35.2 Å². The average molecular weight is 633 g/mol. The van der Waals surface area contributed by atoms with Crippen LogP contribution in [0, 0.1) is 24.0 Å². The Kier molecular flexibility index (Phi) is 6.28. The standard InChI is InChI=1S/C34H30F4N6O2/c1-2-23-26(35)7-4-18-10-22(45)11-24(27(18)23)29-28(36)30-25(13-39-29)32(43-15-20-5-6-21(16-43)40-20)42-33(41-30)46-17-34-8-3-9-44(34)14-19(12-34)31(37)38/h1,4,7,10-11,13,20-21,40,45H,3,5-6,8-9,12,14-17H2/t20-,21+,34?/i17D2. The highest BCUT2D eigenvalue weighted by Crippen LogP contribution is 2.44. The molecule has 2 aromatic carbocycles. The van der Waals surface area contributed by atoms with E-state index in [-0.39, 0.29) is 75.9 Å². The fraction of sp³-hybridized carbons (Fsp3) is 0.382. The van der Waals surface area contributed by atoms with Crippen molar-refractivity contribution >= 4 is 27.5 Å². The van der Waals surface area contributed by atoms with E-state index in [1.54, 1.807) is 4.90 Å². The van der Waals surface area contributed by atoms with Gasteiger partial charge in [-0.25, -0.2) is 8.78 Å². The summed E-state index contributed by atoms with van der Waals surface area (Å²) in [6.07, 6.45) is 7.78. The number of halogens is 4. The number of hydrogen-bond acceptors (Lipinski definition) is 8. The number of nitrogens with one attached hydrogen (secondary N) is 1. The first-order valence-corrected chi connectivity index (χ1v) is 15.2. The third kappa shape index (κ3) is 4.63. The van der Waals surface area contributed by atoms with Crippen LogP contribution in [0.3, 0.4) is 0 Å². The Balaban J connectivity index is 1.30. The fourth-order valence-corrected chi connectivity index (χ4v) is 7.64. The zero-order valence-electron chi connectivity index (χ0n) is 26.6. The van der Waals surface area contributed by atoms with Crippen LogP contribution < -0.4 is 15.0 Å². The first-order valence-electron chi connectivity index (χ1n) is 16.2. The van der Waals surface area contributed by atoms with Crippen LogP contribution >= 0.6 is 0 Å². The minimum Gasteiger partial charge on any atom is -0.508 e. The summed E-state index contributed by atoms with van der Waals surface area (Å²) in [4.78, 5) is 17.0. The highest BCUT2D eigenvalue weighted by Gasteiger charge is 2.48. The highest BCUT2D eigenvalue weighted by atomic mass is 19.3. The first-order chi connectivity index (χ1) is 23.0. The van der Waals surface area contributed by atoms with Crippen molar-refractivity contribution in [1.82, 2.24) is 25.2 Å². The average Bonchev–Trinajstić information content (AvgIpc) is 3.74. The summed E-state index contributed by atoms with van der Waals surface area (Å²) in [7, 11) is 0. The molecule has 8 nitrogen and oxygen atoms in total. The lowest BCUT2D eigenvalue weighted by atomic mass is 9.94. The Hall–Kier alpha value is -4.47. The summed E-state index contributed by atoms with van der Waals surface area (Å²) in [5.74, 6) is 0.748. The highest BCUT2D eigenvalue weighted by molar-refractivity contribution is 6.03. The Morgan fingerprint density at radius 2 is 2.00 bits per heavy atom. The number of rotatable bonds is 5. The van der Waals surface area contributed by atoms with E-state index in [0.29, 0.717) is 37.3 Å². The molecule has 236 valence electrons. The maximum absolute atomic E-state index is 16.9. The minimum atomic E-state index is -2.53. The van der Waals surface area contributed by atoms with Crippen molar-refractivity contribution in [3.63, 3.8) is 0 Å². The number of anilines is 1. The van der Waals surface area contributed by atoms with Crippen molar-refractivity contribution in [2.75, 3.05) is 37.6 Å². The van der Waals surface area contributed by atoms with Crippen molar-refractivity contribution < 1.29 is 30.1 Å². The number of phenolic OH excluding ortho intramolecular Hbond substituents is 1. The predicted molar refractivity (Wildman–Crippen MR) is 165 cm³/mol. The maximum Gasteiger partial charge on any atom is 0.319 e. The molecule has 0 saturated carbocycles. The number of aromatic nitrogens is 3. The molecule has 0 aliphatic carbocycles. The van der Waals surface area contributed by atoms with Crippen molar-refractivity contribution in [3.8, 4) is 35.4 Å². The van der Waals surface area contributed by atoms with Gasteiger partial charge in [-0.3, -0.25) is 9.88 Å². The zero-order chi connectivity index (χ0) is 33.5. The van der Waals surface area contributed by atoms with Crippen LogP contribution in [0.2, 0.25) is 0 Å². The van der Waals surface area contributed by atoms with Gasteiger partial charge >= 0.3 is 6.01 Å². The number of pyridine rings is 1. The molecule has 4 aromatic rings. The summed E-state index contributed by atoms with van der Waals surface area (Å²) < 4.78 is 83.2. The number of aromatic hydroxyl groups is 1. The predicted octanol–water partition coefficient (Wildman–Crippen LogP) is 5.52. The van der Waals surface area contributed by atoms with E-state index in [1.807, 2.05) is 4.90 Å². The topological polar surface area (TPSA) is 86.6 Å². The quantitative estimate of drug-likeness (QED) is 0.220. The van der Waals surface area contributed by atoms with Gasteiger partial charge in [0.15, 0.2) is 5.82 Å². The number of fused-ring (bicyclic) bond motifs is 5. The molecule has 0 amide bonds. The van der Waals surface area contributed by atoms with Gasteiger partial charge in [-0.2, -0.15) is 18.7 Å². The molecule has 2 aromatic heterocycles. The van der Waals surface area contributed by atoms with Crippen molar-refractivity contribution in [2.24, 2.45) is 0 Å². The maximum atomic E-state index is 16.9. The fourth-order valence-electron chi connectivity index (χ4n) is 7.64. The third-order valence-corrected chi connectivity index (χ3v) is 9.72. The van der Waals surface area contributed by atoms with E-state index >= 15 is 4.39 Å². The Labute approximate surface area is 264 Å². The smallest absolute Gasteiger partial charge is 0.319 e. The van der Waals surface area contributed by atoms with E-state index in [2.05, 4.69) is 26.2 Å².